The van der Waals surface area contributed by atoms with Gasteiger partial charge in [0, 0.05) is 86.7 Å². The number of carbonyl (C=O) groups is 3. The fourth-order valence-electron chi connectivity index (χ4n) is 8.54. The van der Waals surface area contributed by atoms with Gasteiger partial charge < -0.3 is 19.4 Å². The second-order valence-electron chi connectivity index (χ2n) is 16.1. The van der Waals surface area contributed by atoms with E-state index in [-0.39, 0.29) is 29.6 Å². The zero-order valence-electron chi connectivity index (χ0n) is 32.4. The van der Waals surface area contributed by atoms with Crippen molar-refractivity contribution in [3.63, 3.8) is 0 Å². The van der Waals surface area contributed by atoms with E-state index in [2.05, 4.69) is 61.9 Å². The van der Waals surface area contributed by atoms with Crippen LogP contribution in [0.25, 0.3) is 4.85 Å². The summed E-state index contributed by atoms with van der Waals surface area (Å²) in [4.78, 5) is 59.1. The molecule has 294 valence electrons. The van der Waals surface area contributed by atoms with Gasteiger partial charge in [0.1, 0.15) is 18.4 Å². The third-order valence-corrected chi connectivity index (χ3v) is 12.3. The van der Waals surface area contributed by atoms with Crippen LogP contribution in [-0.2, 0) is 28.2 Å². The first kappa shape index (κ1) is 38.4. The molecule has 12 nitrogen and oxygen atoms in total. The van der Waals surface area contributed by atoms with E-state index in [0.717, 1.165) is 98.4 Å². The third kappa shape index (κ3) is 8.31. The molecule has 4 aliphatic heterocycles. The molecule has 0 bridgehead atoms. The number of halogens is 1. The van der Waals surface area contributed by atoms with Gasteiger partial charge >= 0.3 is 0 Å². The Balaban J connectivity index is 0.786. The van der Waals surface area contributed by atoms with Gasteiger partial charge in [0.15, 0.2) is 5.69 Å². The third-order valence-electron chi connectivity index (χ3n) is 12.1. The van der Waals surface area contributed by atoms with Crippen LogP contribution in [0.15, 0.2) is 72.9 Å². The molecule has 4 aromatic rings. The fraction of sp³-hybridized carbons (Fsp3) is 0.409. The van der Waals surface area contributed by atoms with Crippen LogP contribution in [0.3, 0.4) is 0 Å². The number of nitrogens with one attached hydrogen (secondary N) is 1. The molecule has 1 N–H and O–H groups in total. The molecule has 0 saturated carbocycles. The van der Waals surface area contributed by atoms with Crippen LogP contribution in [0.4, 0.5) is 17.3 Å². The van der Waals surface area contributed by atoms with Crippen LogP contribution in [0.5, 0.6) is 5.75 Å². The lowest BCUT2D eigenvalue weighted by Gasteiger charge is -2.39. The number of imide groups is 1. The van der Waals surface area contributed by atoms with Gasteiger partial charge in [-0.05, 0) is 90.4 Å². The van der Waals surface area contributed by atoms with Crippen LogP contribution in [-0.4, -0.2) is 89.3 Å². The number of ether oxygens (including phenoxy) is 1. The number of benzene rings is 3. The van der Waals surface area contributed by atoms with Crippen LogP contribution in [0.2, 0.25) is 5.02 Å². The number of piperazine rings is 1. The van der Waals surface area contributed by atoms with Gasteiger partial charge in [-0.15, -0.1) is 0 Å². The molecule has 1 aromatic heterocycles. The number of hydrogen-bond donors (Lipinski definition) is 1. The Bertz CT molecular complexity index is 2210. The van der Waals surface area contributed by atoms with Crippen molar-refractivity contribution in [3.8, 4) is 5.75 Å². The second kappa shape index (κ2) is 16.2. The van der Waals surface area contributed by atoms with Crippen LogP contribution in [0.1, 0.15) is 72.3 Å². The molecule has 1 atom stereocenters. The largest absolute Gasteiger partial charge is 0.487 e. The summed E-state index contributed by atoms with van der Waals surface area (Å²) in [6.45, 7) is 19.1. The zero-order valence-corrected chi connectivity index (χ0v) is 33.2. The molecule has 1 unspecified atom stereocenters. The van der Waals surface area contributed by atoms with E-state index >= 15 is 0 Å². The van der Waals surface area contributed by atoms with Crippen molar-refractivity contribution in [1.82, 2.24) is 25.1 Å². The van der Waals surface area contributed by atoms with Crippen molar-refractivity contribution in [3.05, 3.63) is 117 Å². The number of nitrogens with zero attached hydrogens (tertiary/aromatic N) is 7. The number of aromatic nitrogens is 2. The quantitative estimate of drug-likeness (QED) is 0.144. The molecule has 13 heteroatoms. The van der Waals surface area contributed by atoms with E-state index in [1.165, 1.54) is 0 Å². The fourth-order valence-corrected chi connectivity index (χ4v) is 8.76. The highest BCUT2D eigenvalue weighted by Crippen LogP contribution is 2.37. The topological polar surface area (TPSA) is 116 Å². The SMILES string of the molecule is [C-]#[N+]c1cc(Cl)cc(C(C)(C)c2ccc(OCc3ccnc(N4CCC(CN5CCN(c6ccc7c(c6)CN(C6CCC(=O)NC6=O)C7=O)CC5)CC4)n3)cc2)c1. The number of anilines is 2. The Morgan fingerprint density at radius 3 is 2.40 bits per heavy atom. The molecule has 3 fully saturated rings. The number of fused-ring (bicyclic) bond motifs is 1. The van der Waals surface area contributed by atoms with Gasteiger partial charge in [-0.2, -0.15) is 0 Å². The molecule has 3 amide bonds. The highest BCUT2D eigenvalue weighted by Gasteiger charge is 2.39. The Morgan fingerprint density at radius 1 is 0.895 bits per heavy atom. The maximum Gasteiger partial charge on any atom is 0.255 e. The first-order chi connectivity index (χ1) is 27.5. The molecule has 4 aliphatic rings. The number of piperidine rings is 2. The van der Waals surface area contributed by atoms with E-state index < -0.39 is 6.04 Å². The van der Waals surface area contributed by atoms with E-state index in [1.807, 2.05) is 48.7 Å². The van der Waals surface area contributed by atoms with Crippen molar-refractivity contribution >= 4 is 46.6 Å². The lowest BCUT2D eigenvalue weighted by atomic mass is 9.78. The molecular formula is C44H47ClN8O4. The van der Waals surface area contributed by atoms with Crippen molar-refractivity contribution < 1.29 is 19.1 Å². The Morgan fingerprint density at radius 2 is 1.67 bits per heavy atom. The molecule has 5 heterocycles. The molecular weight excluding hydrogens is 740 g/mol. The van der Waals surface area contributed by atoms with Gasteiger partial charge in [0.2, 0.25) is 17.8 Å². The monoisotopic (exact) mass is 786 g/mol. The standard InChI is InChI=1S/C44H47ClN8O4/c1-44(2,32-23-33(45)25-35(24-32)46-3)31-4-7-37(8-5-31)57-28-34-12-15-47-43(48-34)52-16-13-29(14-17-52)26-50-18-20-51(21-19-50)36-6-9-38-30(22-36)27-53(42(38)56)39-10-11-40(54)49-41(39)55/h4-9,12,15,22-25,29,39H,10-11,13-14,16-21,26-28H2,1-2H3,(H,49,54,55). The summed E-state index contributed by atoms with van der Waals surface area (Å²) in [5.41, 5.74) is 5.81. The summed E-state index contributed by atoms with van der Waals surface area (Å²) < 4.78 is 6.14. The highest BCUT2D eigenvalue weighted by molar-refractivity contribution is 6.31. The number of amides is 3. The molecule has 3 aromatic carbocycles. The Hall–Kier alpha value is -5.51. The molecule has 3 saturated heterocycles. The Labute approximate surface area is 338 Å². The first-order valence-corrected chi connectivity index (χ1v) is 20.2. The van der Waals surface area contributed by atoms with E-state index in [0.29, 0.717) is 41.8 Å². The van der Waals surface area contributed by atoms with Crippen molar-refractivity contribution in [1.29, 1.82) is 0 Å². The highest BCUT2D eigenvalue weighted by atomic mass is 35.5. The molecule has 8 rings (SSSR count). The van der Waals surface area contributed by atoms with Crippen LogP contribution < -0.4 is 19.9 Å². The Kier molecular flexibility index (Phi) is 10.9. The van der Waals surface area contributed by atoms with E-state index in [1.54, 1.807) is 11.0 Å². The van der Waals surface area contributed by atoms with Gasteiger partial charge in [0.25, 0.3) is 5.91 Å². The lowest BCUT2D eigenvalue weighted by molar-refractivity contribution is -0.136. The zero-order chi connectivity index (χ0) is 39.7. The average Bonchev–Trinajstić information content (AvgIpc) is 3.55. The summed E-state index contributed by atoms with van der Waals surface area (Å²) in [7, 11) is 0. The lowest BCUT2D eigenvalue weighted by Crippen LogP contribution is -2.52. The number of rotatable bonds is 10. The molecule has 0 spiro atoms. The second-order valence-corrected chi connectivity index (χ2v) is 16.5. The minimum Gasteiger partial charge on any atom is -0.487 e. The summed E-state index contributed by atoms with van der Waals surface area (Å²) >= 11 is 6.31. The van der Waals surface area contributed by atoms with Gasteiger partial charge in [-0.1, -0.05) is 43.6 Å². The van der Waals surface area contributed by atoms with Crippen molar-refractivity contribution in [2.75, 3.05) is 55.6 Å². The van der Waals surface area contributed by atoms with Gasteiger partial charge in [-0.3, -0.25) is 24.6 Å². The smallest absolute Gasteiger partial charge is 0.255 e. The summed E-state index contributed by atoms with van der Waals surface area (Å²) in [6.07, 6.45) is 4.61. The normalized spacial score (nSPS) is 19.4. The predicted molar refractivity (Wildman–Crippen MR) is 219 cm³/mol. The summed E-state index contributed by atoms with van der Waals surface area (Å²) in [5.74, 6) is 1.32. The van der Waals surface area contributed by atoms with Crippen LogP contribution >= 0.6 is 11.6 Å². The first-order valence-electron chi connectivity index (χ1n) is 19.8. The minimum absolute atomic E-state index is 0.137. The molecule has 0 radical (unpaired) electrons. The number of hydrogen-bond acceptors (Lipinski definition) is 9. The maximum absolute atomic E-state index is 13.1. The molecule has 0 aliphatic carbocycles. The average molecular weight is 787 g/mol. The molecule has 57 heavy (non-hydrogen) atoms. The summed E-state index contributed by atoms with van der Waals surface area (Å²) in [5, 5.41) is 2.94. The maximum atomic E-state index is 13.1. The van der Waals surface area contributed by atoms with Gasteiger partial charge in [-0.25, -0.2) is 14.8 Å². The van der Waals surface area contributed by atoms with Crippen molar-refractivity contribution in [2.45, 2.75) is 64.1 Å². The van der Waals surface area contributed by atoms with Crippen LogP contribution in [0, 0.1) is 12.5 Å². The van der Waals surface area contributed by atoms with Crippen molar-refractivity contribution in [2.24, 2.45) is 5.92 Å². The van der Waals surface area contributed by atoms with E-state index in [4.69, 9.17) is 27.9 Å². The number of carbonyl (C=O) groups excluding carboxylic acids is 3. The van der Waals surface area contributed by atoms with Gasteiger partial charge in [0.05, 0.1) is 12.3 Å². The van der Waals surface area contributed by atoms with E-state index in [9.17, 15) is 14.4 Å². The minimum atomic E-state index is -0.599. The summed E-state index contributed by atoms with van der Waals surface area (Å²) in [6, 6.07) is 20.9. The predicted octanol–water partition coefficient (Wildman–Crippen LogP) is 6.39.